The summed E-state index contributed by atoms with van der Waals surface area (Å²) in [5.74, 6) is 0.0285. The molecule has 2 heterocycles. The average Bonchev–Trinajstić information content (AvgIpc) is 2.93. The summed E-state index contributed by atoms with van der Waals surface area (Å²) in [7, 11) is 0.182. The van der Waals surface area contributed by atoms with Gasteiger partial charge in [0, 0.05) is 39.3 Å². The number of sulfonamides is 1. The molecule has 0 spiro atoms. The fraction of sp³-hybridized carbons (Fsp3) is 0.667. The predicted octanol–water partition coefficient (Wildman–Crippen LogP) is 0.343. The van der Waals surface area contributed by atoms with Crippen molar-refractivity contribution in [2.75, 3.05) is 37.8 Å². The molecule has 1 fully saturated rings. The third kappa shape index (κ3) is 4.63. The molecule has 1 amide bonds. The molecule has 8 nitrogen and oxygen atoms in total. The van der Waals surface area contributed by atoms with Crippen LogP contribution in [0.15, 0.2) is 6.20 Å². The van der Waals surface area contributed by atoms with Crippen molar-refractivity contribution in [2.24, 2.45) is 0 Å². The number of nitrogens with zero attached hydrogens (tertiary/aromatic N) is 4. The van der Waals surface area contributed by atoms with Crippen LogP contribution < -0.4 is 9.62 Å². The zero-order valence-corrected chi connectivity index (χ0v) is 15.7. The molecule has 1 aliphatic heterocycles. The van der Waals surface area contributed by atoms with E-state index in [0.29, 0.717) is 17.2 Å². The van der Waals surface area contributed by atoms with E-state index in [0.717, 1.165) is 0 Å². The Morgan fingerprint density at radius 1 is 1.48 bits per heavy atom. The van der Waals surface area contributed by atoms with Gasteiger partial charge in [0.25, 0.3) is 5.91 Å². The van der Waals surface area contributed by atoms with E-state index in [4.69, 9.17) is 0 Å². The molecule has 1 N–H and O–H groups in total. The lowest BCUT2D eigenvalue weighted by molar-refractivity contribution is 0.0729. The first kappa shape index (κ1) is 19.5. The van der Waals surface area contributed by atoms with Crippen molar-refractivity contribution in [2.45, 2.75) is 32.5 Å². The molecular weight excluding hydrogens is 349 g/mol. The number of hydrogen-bond donors (Lipinski definition) is 1. The minimum atomic E-state index is -3.40. The van der Waals surface area contributed by atoms with E-state index in [9.17, 15) is 17.6 Å². The number of aromatic nitrogens is 2. The molecule has 0 saturated carbocycles. The van der Waals surface area contributed by atoms with E-state index in [1.54, 1.807) is 25.9 Å². The number of aryl methyl sites for hydroxylation is 1. The number of rotatable bonds is 6. The van der Waals surface area contributed by atoms with Gasteiger partial charge in [-0.15, -0.1) is 0 Å². The van der Waals surface area contributed by atoms with Crippen LogP contribution in [0.3, 0.4) is 0 Å². The summed E-state index contributed by atoms with van der Waals surface area (Å²) in [6.07, 6.45) is 0.356. The number of carbonyl (C=O) groups is 1. The summed E-state index contributed by atoms with van der Waals surface area (Å²) in [5, 5.41) is 0. The molecule has 140 valence electrons. The fourth-order valence-corrected chi connectivity index (χ4v) is 3.31. The Morgan fingerprint density at radius 2 is 2.16 bits per heavy atom. The first-order valence-corrected chi connectivity index (χ1v) is 9.73. The highest BCUT2D eigenvalue weighted by Gasteiger charge is 2.37. The van der Waals surface area contributed by atoms with Crippen molar-refractivity contribution in [1.29, 1.82) is 0 Å². The summed E-state index contributed by atoms with van der Waals surface area (Å²) in [5.41, 5.74) is 0.793. The van der Waals surface area contributed by atoms with Crippen LogP contribution in [0.5, 0.6) is 0 Å². The maximum absolute atomic E-state index is 13.9. The molecule has 0 radical (unpaired) electrons. The van der Waals surface area contributed by atoms with Gasteiger partial charge in [0.1, 0.15) is 6.17 Å². The second-order valence-electron chi connectivity index (χ2n) is 6.26. The topological polar surface area (TPSA) is 95.5 Å². The number of nitrogens with one attached hydrogen (secondary N) is 1. The van der Waals surface area contributed by atoms with Gasteiger partial charge in [-0.3, -0.25) is 4.79 Å². The van der Waals surface area contributed by atoms with E-state index < -0.39 is 22.2 Å². The van der Waals surface area contributed by atoms with E-state index in [1.807, 2.05) is 0 Å². The second-order valence-corrected chi connectivity index (χ2v) is 8.36. The zero-order valence-electron chi connectivity index (χ0n) is 14.9. The molecule has 2 rings (SSSR count). The molecular formula is C15H24FN5O3S. The Morgan fingerprint density at radius 3 is 2.72 bits per heavy atom. The van der Waals surface area contributed by atoms with Crippen LogP contribution in [0, 0.1) is 6.92 Å². The monoisotopic (exact) mass is 373 g/mol. The van der Waals surface area contributed by atoms with Crippen LogP contribution in [0.1, 0.15) is 29.4 Å². The predicted molar refractivity (Wildman–Crippen MR) is 92.9 cm³/mol. The molecule has 0 aliphatic carbocycles. The van der Waals surface area contributed by atoms with Crippen molar-refractivity contribution in [3.05, 3.63) is 17.5 Å². The molecule has 0 aromatic carbocycles. The van der Waals surface area contributed by atoms with Gasteiger partial charge >= 0.3 is 0 Å². The lowest BCUT2D eigenvalue weighted by atomic mass is 10.2. The molecule has 0 unspecified atom stereocenters. The van der Waals surface area contributed by atoms with Crippen molar-refractivity contribution >= 4 is 21.9 Å². The minimum absolute atomic E-state index is 0.00196. The quantitative estimate of drug-likeness (QED) is 0.773. The molecule has 10 heteroatoms. The third-order valence-corrected chi connectivity index (χ3v) is 5.51. The van der Waals surface area contributed by atoms with Gasteiger partial charge in [-0.25, -0.2) is 27.5 Å². The highest BCUT2D eigenvalue weighted by Crippen LogP contribution is 2.23. The van der Waals surface area contributed by atoms with Crippen LogP contribution in [0.4, 0.5) is 10.3 Å². The van der Waals surface area contributed by atoms with Gasteiger partial charge < -0.3 is 9.80 Å². The highest BCUT2D eigenvalue weighted by molar-refractivity contribution is 7.89. The smallest absolute Gasteiger partial charge is 0.257 e. The molecule has 1 aromatic rings. The van der Waals surface area contributed by atoms with E-state index in [-0.39, 0.29) is 31.2 Å². The standard InChI is InChI=1S/C15H24FN5O3S/c1-5-25(23,24)18-7-12-6-11(16)9-21(12)14(22)13-8-17-15(20(3)4)19-10(13)2/h8,11-12,18H,5-7,9H2,1-4H3/t11-,12-/m0/s1. The van der Waals surface area contributed by atoms with Crippen molar-refractivity contribution < 1.29 is 17.6 Å². The Balaban J connectivity index is 2.18. The lowest BCUT2D eigenvalue weighted by Crippen LogP contribution is -2.43. The van der Waals surface area contributed by atoms with Gasteiger partial charge in [0.15, 0.2) is 0 Å². The first-order valence-electron chi connectivity index (χ1n) is 8.08. The summed E-state index contributed by atoms with van der Waals surface area (Å²) >= 11 is 0. The second kappa shape index (κ2) is 7.61. The number of likely N-dealkylation sites (tertiary alicyclic amines) is 1. The maximum atomic E-state index is 13.9. The number of carbonyl (C=O) groups excluding carboxylic acids is 1. The Kier molecular flexibility index (Phi) is 5.94. The molecule has 25 heavy (non-hydrogen) atoms. The van der Waals surface area contributed by atoms with Crippen LogP contribution in [-0.4, -0.2) is 74.3 Å². The molecule has 2 atom stereocenters. The number of hydrogen-bond acceptors (Lipinski definition) is 6. The molecule has 0 bridgehead atoms. The van der Waals surface area contributed by atoms with Crippen LogP contribution >= 0.6 is 0 Å². The SMILES string of the molecule is CCS(=O)(=O)NC[C@@H]1C[C@H](F)CN1C(=O)c1cnc(N(C)C)nc1C. The Labute approximate surface area is 147 Å². The van der Waals surface area contributed by atoms with Gasteiger partial charge in [-0.05, 0) is 13.8 Å². The number of alkyl halides is 1. The normalized spacial score (nSPS) is 20.8. The first-order chi connectivity index (χ1) is 11.6. The average molecular weight is 373 g/mol. The number of halogens is 1. The van der Waals surface area contributed by atoms with Crippen LogP contribution in [0.25, 0.3) is 0 Å². The summed E-state index contributed by atoms with van der Waals surface area (Å²) in [6, 6.07) is -0.531. The molecule has 1 aliphatic rings. The van der Waals surface area contributed by atoms with Crippen molar-refractivity contribution in [1.82, 2.24) is 19.6 Å². The maximum Gasteiger partial charge on any atom is 0.257 e. The fourth-order valence-electron chi connectivity index (χ4n) is 2.66. The minimum Gasteiger partial charge on any atom is -0.347 e. The van der Waals surface area contributed by atoms with Crippen LogP contribution in [-0.2, 0) is 10.0 Å². The summed E-state index contributed by atoms with van der Waals surface area (Å²) in [6.45, 7) is 3.15. The van der Waals surface area contributed by atoms with E-state index in [2.05, 4.69) is 14.7 Å². The van der Waals surface area contributed by atoms with Crippen LogP contribution in [0.2, 0.25) is 0 Å². The molecule has 1 saturated heterocycles. The summed E-state index contributed by atoms with van der Waals surface area (Å²) in [4.78, 5) is 24.3. The number of amides is 1. The van der Waals surface area contributed by atoms with Crippen molar-refractivity contribution in [3.8, 4) is 0 Å². The number of anilines is 1. The lowest BCUT2D eigenvalue weighted by Gasteiger charge is -2.25. The van der Waals surface area contributed by atoms with Gasteiger partial charge in [-0.1, -0.05) is 0 Å². The van der Waals surface area contributed by atoms with Gasteiger partial charge in [0.05, 0.1) is 23.6 Å². The zero-order chi connectivity index (χ0) is 18.8. The van der Waals surface area contributed by atoms with Gasteiger partial charge in [-0.2, -0.15) is 0 Å². The van der Waals surface area contributed by atoms with Gasteiger partial charge in [0.2, 0.25) is 16.0 Å². The molecule has 1 aromatic heterocycles. The Bertz CT molecular complexity index is 741. The Hall–Kier alpha value is -1.81. The highest BCUT2D eigenvalue weighted by atomic mass is 32.2. The largest absolute Gasteiger partial charge is 0.347 e. The summed E-state index contributed by atoms with van der Waals surface area (Å²) < 4.78 is 39.5. The van der Waals surface area contributed by atoms with Crippen molar-refractivity contribution in [3.63, 3.8) is 0 Å². The van der Waals surface area contributed by atoms with E-state index >= 15 is 0 Å². The van der Waals surface area contributed by atoms with E-state index in [1.165, 1.54) is 18.0 Å². The third-order valence-electron chi connectivity index (χ3n) is 4.14.